The maximum absolute atomic E-state index is 5.54. The lowest BCUT2D eigenvalue weighted by Crippen LogP contribution is -2.05. The Morgan fingerprint density at radius 1 is 1.62 bits per heavy atom. The van der Waals surface area contributed by atoms with Gasteiger partial charge in [0.15, 0.2) is 0 Å². The number of nitrogens with zero attached hydrogens (tertiary/aromatic N) is 4. The second-order valence-corrected chi connectivity index (χ2v) is 3.72. The normalized spacial score (nSPS) is 10.5. The van der Waals surface area contributed by atoms with Gasteiger partial charge in [-0.15, -0.1) is 11.3 Å². The van der Waals surface area contributed by atoms with E-state index < -0.39 is 0 Å². The van der Waals surface area contributed by atoms with E-state index in [1.807, 2.05) is 5.38 Å². The topological polar surface area (TPSA) is 69.6 Å². The first-order valence-electron chi connectivity index (χ1n) is 3.82. The minimum atomic E-state index is 0.354. The van der Waals surface area contributed by atoms with Gasteiger partial charge in [0.1, 0.15) is 0 Å². The molecule has 6 heteroatoms. The van der Waals surface area contributed by atoms with E-state index in [2.05, 4.69) is 28.5 Å². The molecule has 0 aromatic carbocycles. The van der Waals surface area contributed by atoms with Crippen LogP contribution in [-0.4, -0.2) is 20.2 Å². The number of nitrogen functional groups attached to an aromatic ring is 1. The molecule has 0 amide bonds. The van der Waals surface area contributed by atoms with Crippen molar-refractivity contribution in [2.75, 3.05) is 5.73 Å². The standard InChI is InChI=1S/C7H9N5S/c1-5-2-3-13-6(5)4-12-7(8)9-10-11-12/h2-3H,4H2,1H3,(H2,8,9,11). The van der Waals surface area contributed by atoms with Crippen molar-refractivity contribution in [3.63, 3.8) is 0 Å². The molecule has 2 heterocycles. The molecule has 0 bridgehead atoms. The van der Waals surface area contributed by atoms with Gasteiger partial charge in [-0.3, -0.25) is 0 Å². The van der Waals surface area contributed by atoms with E-state index in [1.54, 1.807) is 16.0 Å². The molecule has 5 nitrogen and oxygen atoms in total. The Labute approximate surface area is 79.2 Å². The molecule has 2 aromatic heterocycles. The van der Waals surface area contributed by atoms with Crippen LogP contribution in [0.1, 0.15) is 10.4 Å². The molecule has 0 radical (unpaired) electrons. The van der Waals surface area contributed by atoms with Crippen LogP contribution in [0.15, 0.2) is 11.4 Å². The smallest absolute Gasteiger partial charge is 0.240 e. The number of nitrogens with two attached hydrogens (primary N) is 1. The van der Waals surface area contributed by atoms with E-state index in [0.29, 0.717) is 12.5 Å². The lowest BCUT2D eigenvalue weighted by Gasteiger charge is -1.99. The van der Waals surface area contributed by atoms with E-state index in [9.17, 15) is 0 Å². The number of aromatic nitrogens is 4. The summed E-state index contributed by atoms with van der Waals surface area (Å²) in [5.74, 6) is 0.354. The molecule has 0 fully saturated rings. The van der Waals surface area contributed by atoms with Crippen LogP contribution in [0, 0.1) is 6.92 Å². The molecular formula is C7H9N5S. The van der Waals surface area contributed by atoms with Crippen molar-refractivity contribution in [1.82, 2.24) is 20.2 Å². The molecule has 0 saturated heterocycles. The molecule has 0 saturated carbocycles. The van der Waals surface area contributed by atoms with E-state index in [-0.39, 0.29) is 0 Å². The number of hydrogen-bond donors (Lipinski definition) is 1. The highest BCUT2D eigenvalue weighted by Crippen LogP contribution is 2.16. The predicted molar refractivity (Wildman–Crippen MR) is 50.4 cm³/mol. The third kappa shape index (κ3) is 1.52. The van der Waals surface area contributed by atoms with Gasteiger partial charge in [-0.1, -0.05) is 5.10 Å². The van der Waals surface area contributed by atoms with Gasteiger partial charge in [0.25, 0.3) is 0 Å². The van der Waals surface area contributed by atoms with Crippen LogP contribution in [0.2, 0.25) is 0 Å². The van der Waals surface area contributed by atoms with Crippen LogP contribution in [0.25, 0.3) is 0 Å². The monoisotopic (exact) mass is 195 g/mol. The molecule has 13 heavy (non-hydrogen) atoms. The van der Waals surface area contributed by atoms with Gasteiger partial charge >= 0.3 is 0 Å². The first-order chi connectivity index (χ1) is 6.27. The summed E-state index contributed by atoms with van der Waals surface area (Å²) in [6.07, 6.45) is 0. The van der Waals surface area contributed by atoms with Gasteiger partial charge in [0.2, 0.25) is 5.95 Å². The summed E-state index contributed by atoms with van der Waals surface area (Å²) in [4.78, 5) is 1.24. The highest BCUT2D eigenvalue weighted by molar-refractivity contribution is 7.10. The average molecular weight is 195 g/mol. The summed E-state index contributed by atoms with van der Waals surface area (Å²) in [5.41, 5.74) is 6.79. The zero-order valence-corrected chi connectivity index (χ0v) is 7.95. The van der Waals surface area contributed by atoms with Crippen molar-refractivity contribution in [2.45, 2.75) is 13.5 Å². The molecule has 0 aliphatic heterocycles. The molecule has 2 aromatic rings. The zero-order chi connectivity index (χ0) is 9.26. The minimum absolute atomic E-state index is 0.354. The fraction of sp³-hybridized carbons (Fsp3) is 0.286. The lowest BCUT2D eigenvalue weighted by molar-refractivity contribution is 0.659. The van der Waals surface area contributed by atoms with Gasteiger partial charge in [0.05, 0.1) is 6.54 Å². The second kappa shape index (κ2) is 3.14. The summed E-state index contributed by atoms with van der Waals surface area (Å²) < 4.78 is 1.58. The van der Waals surface area contributed by atoms with E-state index >= 15 is 0 Å². The quantitative estimate of drug-likeness (QED) is 0.764. The largest absolute Gasteiger partial charge is 0.367 e. The van der Waals surface area contributed by atoms with Crippen LogP contribution in [-0.2, 0) is 6.54 Å². The minimum Gasteiger partial charge on any atom is -0.367 e. The number of thiophene rings is 1. The average Bonchev–Trinajstić information content (AvgIpc) is 2.65. The molecular weight excluding hydrogens is 186 g/mol. The van der Waals surface area contributed by atoms with Crippen molar-refractivity contribution in [3.05, 3.63) is 21.9 Å². The van der Waals surface area contributed by atoms with Crippen molar-refractivity contribution < 1.29 is 0 Å². The maximum atomic E-state index is 5.54. The lowest BCUT2D eigenvalue weighted by atomic mass is 10.3. The van der Waals surface area contributed by atoms with Crippen LogP contribution in [0.5, 0.6) is 0 Å². The van der Waals surface area contributed by atoms with Gasteiger partial charge in [-0.25, -0.2) is 4.68 Å². The van der Waals surface area contributed by atoms with Crippen molar-refractivity contribution in [1.29, 1.82) is 0 Å². The summed E-state index contributed by atoms with van der Waals surface area (Å²) in [6.45, 7) is 2.72. The molecule has 0 spiro atoms. The van der Waals surface area contributed by atoms with Crippen LogP contribution in [0.3, 0.4) is 0 Å². The number of rotatable bonds is 2. The first-order valence-corrected chi connectivity index (χ1v) is 4.70. The fourth-order valence-corrected chi connectivity index (χ4v) is 1.91. The Hall–Kier alpha value is -1.43. The van der Waals surface area contributed by atoms with E-state index in [0.717, 1.165) is 0 Å². The highest BCUT2D eigenvalue weighted by atomic mass is 32.1. The Balaban J connectivity index is 2.24. The van der Waals surface area contributed by atoms with Gasteiger partial charge in [0, 0.05) is 4.88 Å². The molecule has 2 rings (SSSR count). The van der Waals surface area contributed by atoms with Gasteiger partial charge in [-0.2, -0.15) is 0 Å². The van der Waals surface area contributed by atoms with E-state index in [1.165, 1.54) is 10.4 Å². The molecule has 0 aliphatic rings. The summed E-state index contributed by atoms with van der Waals surface area (Å²) in [7, 11) is 0. The van der Waals surface area contributed by atoms with Crippen molar-refractivity contribution in [3.8, 4) is 0 Å². The third-order valence-electron chi connectivity index (χ3n) is 1.82. The number of aryl methyl sites for hydroxylation is 1. The number of hydrogen-bond acceptors (Lipinski definition) is 5. The molecule has 0 aliphatic carbocycles. The van der Waals surface area contributed by atoms with Gasteiger partial charge in [-0.05, 0) is 34.4 Å². The van der Waals surface area contributed by atoms with E-state index in [4.69, 9.17) is 5.73 Å². The molecule has 2 N–H and O–H groups in total. The first kappa shape index (κ1) is 8.18. The summed E-state index contributed by atoms with van der Waals surface area (Å²) >= 11 is 1.68. The van der Waals surface area contributed by atoms with Crippen molar-refractivity contribution in [2.24, 2.45) is 0 Å². The number of tetrazole rings is 1. The fourth-order valence-electron chi connectivity index (χ4n) is 1.03. The van der Waals surface area contributed by atoms with Crippen LogP contribution in [0.4, 0.5) is 5.95 Å². The molecule has 0 unspecified atom stereocenters. The van der Waals surface area contributed by atoms with Crippen LogP contribution >= 0.6 is 11.3 Å². The Morgan fingerprint density at radius 3 is 3.00 bits per heavy atom. The summed E-state index contributed by atoms with van der Waals surface area (Å²) in [5, 5.41) is 12.9. The predicted octanol–water partition coefficient (Wildman–Crippen LogP) is 0.674. The Kier molecular flexibility index (Phi) is 1.97. The highest BCUT2D eigenvalue weighted by Gasteiger charge is 2.05. The maximum Gasteiger partial charge on any atom is 0.240 e. The Morgan fingerprint density at radius 2 is 2.46 bits per heavy atom. The SMILES string of the molecule is Cc1ccsc1Cn1nnnc1N. The zero-order valence-electron chi connectivity index (χ0n) is 7.14. The van der Waals surface area contributed by atoms with Crippen molar-refractivity contribution >= 4 is 17.3 Å². The molecule has 0 atom stereocenters. The number of anilines is 1. The van der Waals surface area contributed by atoms with Gasteiger partial charge < -0.3 is 5.73 Å². The third-order valence-corrected chi connectivity index (χ3v) is 2.83. The Bertz CT molecular complexity index is 366. The summed E-state index contributed by atoms with van der Waals surface area (Å²) in [6, 6.07) is 2.07. The van der Waals surface area contributed by atoms with Crippen LogP contribution < -0.4 is 5.73 Å². The molecule has 68 valence electrons. The second-order valence-electron chi connectivity index (χ2n) is 2.72.